The zero-order valence-corrected chi connectivity index (χ0v) is 8.93. The Morgan fingerprint density at radius 1 is 1.24 bits per heavy atom. The minimum absolute atomic E-state index is 0.131. The Balaban J connectivity index is 2.22. The summed E-state index contributed by atoms with van der Waals surface area (Å²) in [4.78, 5) is 2.83. The molecule has 0 unspecified atom stereocenters. The molecule has 1 aromatic carbocycles. The van der Waals surface area contributed by atoms with Crippen LogP contribution >= 0.6 is 0 Å². The summed E-state index contributed by atoms with van der Waals surface area (Å²) >= 11 is 0. The second kappa shape index (κ2) is 3.04. The maximum atomic E-state index is 12.8. The quantitative estimate of drug-likeness (QED) is 0.790. The van der Waals surface area contributed by atoms with Crippen LogP contribution in [0.4, 0.5) is 13.2 Å². The van der Waals surface area contributed by atoms with Crippen LogP contribution in [0.1, 0.15) is 24.1 Å². The minimum Gasteiger partial charge on any atom is -0.356 e. The van der Waals surface area contributed by atoms with Gasteiger partial charge >= 0.3 is 6.18 Å². The van der Waals surface area contributed by atoms with Crippen LogP contribution in [0.3, 0.4) is 0 Å². The van der Waals surface area contributed by atoms with E-state index in [1.54, 1.807) is 12.1 Å². The van der Waals surface area contributed by atoms with Crippen LogP contribution in [0.5, 0.6) is 0 Å². The third-order valence-electron chi connectivity index (χ3n) is 3.29. The lowest BCUT2D eigenvalue weighted by molar-refractivity contribution is -0.136. The van der Waals surface area contributed by atoms with E-state index >= 15 is 0 Å². The Morgan fingerprint density at radius 3 is 2.53 bits per heavy atom. The Labute approximate surface area is 95.6 Å². The summed E-state index contributed by atoms with van der Waals surface area (Å²) in [5, 5.41) is 0.562. The molecule has 1 aliphatic carbocycles. The van der Waals surface area contributed by atoms with Crippen molar-refractivity contribution in [2.45, 2.75) is 24.6 Å². The highest BCUT2D eigenvalue weighted by atomic mass is 19.4. The Kier molecular flexibility index (Phi) is 1.91. The first kappa shape index (κ1) is 10.7. The van der Waals surface area contributed by atoms with E-state index in [4.69, 9.17) is 5.73 Å². The summed E-state index contributed by atoms with van der Waals surface area (Å²) < 4.78 is 38.4. The number of aromatic amines is 1. The van der Waals surface area contributed by atoms with Gasteiger partial charge in [-0.1, -0.05) is 12.1 Å². The topological polar surface area (TPSA) is 41.8 Å². The van der Waals surface area contributed by atoms with Crippen molar-refractivity contribution in [1.82, 2.24) is 4.98 Å². The van der Waals surface area contributed by atoms with Crippen LogP contribution in [-0.2, 0) is 11.7 Å². The number of hydrogen-bond donors (Lipinski definition) is 2. The van der Waals surface area contributed by atoms with Gasteiger partial charge in [-0.15, -0.1) is 0 Å². The number of para-hydroxylation sites is 1. The molecule has 0 spiro atoms. The van der Waals surface area contributed by atoms with Crippen LogP contribution in [0.2, 0.25) is 0 Å². The van der Waals surface area contributed by atoms with Crippen LogP contribution in [-0.4, -0.2) is 4.98 Å². The second-order valence-corrected chi connectivity index (χ2v) is 4.61. The summed E-state index contributed by atoms with van der Waals surface area (Å²) in [6, 6.07) is 5.88. The Bertz CT molecular complexity index is 579. The molecule has 1 aliphatic rings. The Hall–Kier alpha value is -1.49. The number of hydrogen-bond acceptors (Lipinski definition) is 1. The highest BCUT2D eigenvalue weighted by Crippen LogP contribution is 2.44. The van der Waals surface area contributed by atoms with Crippen molar-refractivity contribution < 1.29 is 13.2 Å². The molecule has 3 rings (SSSR count). The number of fused-ring (bicyclic) bond motifs is 1. The van der Waals surface area contributed by atoms with Crippen LogP contribution in [0.15, 0.2) is 24.3 Å². The van der Waals surface area contributed by atoms with Gasteiger partial charge in [-0.3, -0.25) is 0 Å². The molecule has 0 atom stereocenters. The number of nitrogens with one attached hydrogen (secondary N) is 1. The van der Waals surface area contributed by atoms with Gasteiger partial charge in [-0.2, -0.15) is 13.2 Å². The number of nitrogens with two attached hydrogens (primary N) is 1. The lowest BCUT2D eigenvalue weighted by atomic mass is 10.1. The van der Waals surface area contributed by atoms with Crippen molar-refractivity contribution in [2.75, 3.05) is 0 Å². The molecule has 5 heteroatoms. The van der Waals surface area contributed by atoms with Crippen molar-refractivity contribution in [2.24, 2.45) is 5.73 Å². The van der Waals surface area contributed by atoms with Crippen molar-refractivity contribution in [3.8, 4) is 0 Å². The first-order chi connectivity index (χ1) is 7.90. The van der Waals surface area contributed by atoms with Crippen LogP contribution < -0.4 is 5.73 Å². The first-order valence-corrected chi connectivity index (χ1v) is 5.38. The Morgan fingerprint density at radius 2 is 1.94 bits per heavy atom. The molecule has 1 heterocycles. The monoisotopic (exact) mass is 240 g/mol. The molecule has 1 fully saturated rings. The van der Waals surface area contributed by atoms with E-state index < -0.39 is 17.3 Å². The minimum atomic E-state index is -4.34. The fourth-order valence-corrected chi connectivity index (χ4v) is 2.06. The number of benzene rings is 1. The summed E-state index contributed by atoms with van der Waals surface area (Å²) in [6.07, 6.45) is -2.70. The molecule has 1 saturated carbocycles. The molecule has 0 aliphatic heterocycles. The maximum absolute atomic E-state index is 12.8. The molecule has 2 aromatic rings. The lowest BCUT2D eigenvalue weighted by Gasteiger charge is -2.08. The van der Waals surface area contributed by atoms with Crippen molar-refractivity contribution >= 4 is 10.9 Å². The van der Waals surface area contributed by atoms with Gasteiger partial charge in [0.25, 0.3) is 0 Å². The highest BCUT2D eigenvalue weighted by Gasteiger charge is 2.42. The van der Waals surface area contributed by atoms with E-state index in [2.05, 4.69) is 4.98 Å². The van der Waals surface area contributed by atoms with Gasteiger partial charge in [0.15, 0.2) is 0 Å². The van der Waals surface area contributed by atoms with Gasteiger partial charge in [-0.25, -0.2) is 0 Å². The SMILES string of the molecule is NC1(c2cc3cccc(C(F)(F)F)c3[nH]2)CC1. The third kappa shape index (κ3) is 1.61. The predicted octanol–water partition coefficient (Wildman–Crippen LogP) is 3.13. The molecule has 90 valence electrons. The maximum Gasteiger partial charge on any atom is 0.418 e. The number of halogens is 3. The third-order valence-corrected chi connectivity index (χ3v) is 3.29. The smallest absolute Gasteiger partial charge is 0.356 e. The standard InChI is InChI=1S/C12H11F3N2/c13-12(14,15)8-3-1-2-7-6-9(17-10(7)8)11(16)4-5-11/h1-3,6,17H,4-5,16H2. The van der Waals surface area contributed by atoms with E-state index in [0.717, 1.165) is 18.9 Å². The molecule has 1 aromatic heterocycles. The molecular formula is C12H11F3N2. The molecule has 2 nitrogen and oxygen atoms in total. The fraction of sp³-hybridized carbons (Fsp3) is 0.333. The largest absolute Gasteiger partial charge is 0.418 e. The molecule has 17 heavy (non-hydrogen) atoms. The first-order valence-electron chi connectivity index (χ1n) is 5.38. The van der Waals surface area contributed by atoms with E-state index in [0.29, 0.717) is 11.1 Å². The number of H-pyrrole nitrogens is 1. The average Bonchev–Trinajstić information content (AvgIpc) is 2.84. The van der Waals surface area contributed by atoms with Gasteiger partial charge in [0.2, 0.25) is 0 Å². The summed E-state index contributed by atoms with van der Waals surface area (Å²) in [5.74, 6) is 0. The number of aromatic nitrogens is 1. The van der Waals surface area contributed by atoms with Crippen molar-refractivity contribution in [3.05, 3.63) is 35.5 Å². The van der Waals surface area contributed by atoms with Gasteiger partial charge in [-0.05, 0) is 25.0 Å². The summed E-state index contributed by atoms with van der Waals surface area (Å²) in [6.45, 7) is 0. The normalized spacial score (nSPS) is 18.6. The predicted molar refractivity (Wildman–Crippen MR) is 58.4 cm³/mol. The zero-order valence-electron chi connectivity index (χ0n) is 8.93. The van der Waals surface area contributed by atoms with Crippen LogP contribution in [0.25, 0.3) is 10.9 Å². The highest BCUT2D eigenvalue weighted by molar-refractivity contribution is 5.84. The molecule has 0 bridgehead atoms. The van der Waals surface area contributed by atoms with Gasteiger partial charge < -0.3 is 10.7 Å². The average molecular weight is 240 g/mol. The van der Waals surface area contributed by atoms with E-state index in [1.165, 1.54) is 6.07 Å². The number of alkyl halides is 3. The van der Waals surface area contributed by atoms with Crippen molar-refractivity contribution in [1.29, 1.82) is 0 Å². The van der Waals surface area contributed by atoms with E-state index in [1.807, 2.05) is 0 Å². The van der Waals surface area contributed by atoms with Gasteiger partial charge in [0.05, 0.1) is 16.6 Å². The molecule has 0 amide bonds. The molecule has 3 N–H and O–H groups in total. The lowest BCUT2D eigenvalue weighted by Crippen LogP contribution is -2.18. The molecular weight excluding hydrogens is 229 g/mol. The van der Waals surface area contributed by atoms with Gasteiger partial charge in [0.1, 0.15) is 0 Å². The molecule has 0 radical (unpaired) electrons. The fourth-order valence-electron chi connectivity index (χ4n) is 2.06. The summed E-state index contributed by atoms with van der Waals surface area (Å²) in [7, 11) is 0. The summed E-state index contributed by atoms with van der Waals surface area (Å²) in [5.41, 5.74) is 5.73. The van der Waals surface area contributed by atoms with Crippen molar-refractivity contribution in [3.63, 3.8) is 0 Å². The number of rotatable bonds is 1. The zero-order chi connectivity index (χ0) is 12.3. The molecule has 0 saturated heterocycles. The van der Waals surface area contributed by atoms with E-state index in [-0.39, 0.29) is 5.52 Å². The second-order valence-electron chi connectivity index (χ2n) is 4.61. The van der Waals surface area contributed by atoms with Crippen LogP contribution in [0, 0.1) is 0 Å². The van der Waals surface area contributed by atoms with Gasteiger partial charge in [0, 0.05) is 11.1 Å². The van der Waals surface area contributed by atoms with E-state index in [9.17, 15) is 13.2 Å².